The number of nitrogens with zero attached hydrogens (tertiary/aromatic N) is 1. The molecule has 0 radical (unpaired) electrons. The summed E-state index contributed by atoms with van der Waals surface area (Å²) in [5.41, 5.74) is 0.977. The van der Waals surface area contributed by atoms with Crippen molar-refractivity contribution in [2.24, 2.45) is 0 Å². The van der Waals surface area contributed by atoms with Gasteiger partial charge in [0.25, 0.3) is 0 Å². The van der Waals surface area contributed by atoms with Gasteiger partial charge in [0.2, 0.25) is 0 Å². The summed E-state index contributed by atoms with van der Waals surface area (Å²) in [6, 6.07) is 10.7. The summed E-state index contributed by atoms with van der Waals surface area (Å²) >= 11 is 0. The van der Waals surface area contributed by atoms with Crippen LogP contribution < -0.4 is 0 Å². The third kappa shape index (κ3) is 4.76. The lowest BCUT2D eigenvalue weighted by Gasteiger charge is -2.40. The van der Waals surface area contributed by atoms with E-state index in [0.717, 1.165) is 24.9 Å². The van der Waals surface area contributed by atoms with Crippen LogP contribution in [0.2, 0.25) is 19.6 Å². The molecule has 160 valence electrons. The van der Waals surface area contributed by atoms with E-state index in [-0.39, 0.29) is 18.0 Å². The first-order chi connectivity index (χ1) is 13.9. The van der Waals surface area contributed by atoms with E-state index in [4.69, 9.17) is 13.9 Å². The molecule has 0 saturated carbocycles. The SMILES string of the molecule is CCCCN1C2CC(OC(=O)C(CO[Si](C)(C)C)c3ccccc3)CC1C1OC12. The summed E-state index contributed by atoms with van der Waals surface area (Å²) in [6.07, 6.45) is 4.93. The minimum Gasteiger partial charge on any atom is -0.462 e. The lowest BCUT2D eigenvalue weighted by atomic mass is 9.97. The van der Waals surface area contributed by atoms with E-state index < -0.39 is 8.32 Å². The fourth-order valence-electron chi connectivity index (χ4n) is 4.89. The van der Waals surface area contributed by atoms with Gasteiger partial charge in [0.05, 0.1) is 6.61 Å². The number of fused-ring (bicyclic) bond motifs is 5. The second-order valence-corrected chi connectivity index (χ2v) is 14.2. The zero-order chi connectivity index (χ0) is 20.6. The molecule has 3 saturated heterocycles. The van der Waals surface area contributed by atoms with Crippen LogP contribution in [0, 0.1) is 0 Å². The van der Waals surface area contributed by atoms with Crippen LogP contribution in [0.15, 0.2) is 30.3 Å². The number of rotatable bonds is 9. The molecule has 5 atom stereocenters. The molecule has 0 spiro atoms. The number of carbonyl (C=O) groups is 1. The molecule has 0 N–H and O–H groups in total. The van der Waals surface area contributed by atoms with Crippen LogP contribution >= 0.6 is 0 Å². The highest BCUT2D eigenvalue weighted by atomic mass is 28.4. The molecule has 3 aliphatic heterocycles. The predicted molar refractivity (Wildman–Crippen MR) is 115 cm³/mol. The molecule has 1 aromatic carbocycles. The van der Waals surface area contributed by atoms with E-state index in [0.29, 0.717) is 30.9 Å². The van der Waals surface area contributed by atoms with Gasteiger partial charge in [0, 0.05) is 24.9 Å². The molecule has 0 aromatic heterocycles. The molecule has 0 amide bonds. The van der Waals surface area contributed by atoms with Gasteiger partial charge in [0.1, 0.15) is 24.2 Å². The van der Waals surface area contributed by atoms with Gasteiger partial charge in [-0.05, 0) is 38.2 Å². The van der Waals surface area contributed by atoms with Gasteiger partial charge in [-0.2, -0.15) is 0 Å². The Morgan fingerprint density at radius 1 is 1.17 bits per heavy atom. The molecule has 6 heteroatoms. The number of piperidine rings is 1. The maximum absolute atomic E-state index is 13.2. The Kier molecular flexibility index (Phi) is 6.16. The Morgan fingerprint density at radius 2 is 1.83 bits per heavy atom. The zero-order valence-electron chi connectivity index (χ0n) is 18.2. The van der Waals surface area contributed by atoms with Crippen molar-refractivity contribution < 1.29 is 18.7 Å². The number of hydrogen-bond donors (Lipinski definition) is 0. The molecule has 2 bridgehead atoms. The Hall–Kier alpha value is -1.21. The van der Waals surface area contributed by atoms with Crippen molar-refractivity contribution in [2.45, 2.75) is 88.6 Å². The summed E-state index contributed by atoms with van der Waals surface area (Å²) in [5, 5.41) is 0. The van der Waals surface area contributed by atoms with Crippen molar-refractivity contribution in [3.8, 4) is 0 Å². The number of esters is 1. The minimum absolute atomic E-state index is 0.00938. The second-order valence-electron chi connectivity index (χ2n) is 9.71. The fourth-order valence-corrected chi connectivity index (χ4v) is 5.55. The first-order valence-electron chi connectivity index (χ1n) is 11.2. The molecule has 5 nitrogen and oxygen atoms in total. The number of epoxide rings is 1. The Morgan fingerprint density at radius 3 is 2.41 bits per heavy atom. The van der Waals surface area contributed by atoms with E-state index in [1.165, 1.54) is 12.8 Å². The Balaban J connectivity index is 1.40. The minimum atomic E-state index is -1.72. The van der Waals surface area contributed by atoms with Crippen LogP contribution in [0.25, 0.3) is 0 Å². The van der Waals surface area contributed by atoms with Crippen LogP contribution in [0.5, 0.6) is 0 Å². The second kappa shape index (κ2) is 8.50. The van der Waals surface area contributed by atoms with Gasteiger partial charge in [-0.1, -0.05) is 43.7 Å². The number of morpholine rings is 1. The molecule has 29 heavy (non-hydrogen) atoms. The first-order valence-corrected chi connectivity index (χ1v) is 14.6. The molecule has 5 unspecified atom stereocenters. The van der Waals surface area contributed by atoms with Gasteiger partial charge >= 0.3 is 5.97 Å². The highest BCUT2D eigenvalue weighted by Crippen LogP contribution is 2.49. The smallest absolute Gasteiger partial charge is 0.316 e. The summed E-state index contributed by atoms with van der Waals surface area (Å²) < 4.78 is 18.1. The molecule has 4 rings (SSSR count). The van der Waals surface area contributed by atoms with Crippen molar-refractivity contribution in [1.29, 1.82) is 0 Å². The predicted octanol–water partition coefficient (Wildman–Crippen LogP) is 3.95. The van der Waals surface area contributed by atoms with Crippen molar-refractivity contribution >= 4 is 14.3 Å². The lowest BCUT2D eigenvalue weighted by molar-refractivity contribution is -0.156. The Labute approximate surface area is 175 Å². The highest BCUT2D eigenvalue weighted by Gasteiger charge is 2.63. The van der Waals surface area contributed by atoms with Crippen LogP contribution in [0.3, 0.4) is 0 Å². The van der Waals surface area contributed by atoms with Crippen LogP contribution in [-0.4, -0.2) is 62.7 Å². The monoisotopic (exact) mass is 417 g/mol. The van der Waals surface area contributed by atoms with Gasteiger partial charge in [-0.15, -0.1) is 0 Å². The van der Waals surface area contributed by atoms with Gasteiger partial charge < -0.3 is 13.9 Å². The van der Waals surface area contributed by atoms with Crippen molar-refractivity contribution in [3.63, 3.8) is 0 Å². The summed E-state index contributed by atoms with van der Waals surface area (Å²) in [7, 11) is -1.72. The molecular formula is C23H35NO4Si. The number of benzene rings is 1. The van der Waals surface area contributed by atoms with Crippen molar-refractivity contribution in [1.82, 2.24) is 4.90 Å². The third-order valence-corrected chi connectivity index (χ3v) is 7.44. The van der Waals surface area contributed by atoms with Crippen LogP contribution in [0.1, 0.15) is 44.1 Å². The maximum atomic E-state index is 13.2. The van der Waals surface area contributed by atoms with E-state index in [1.807, 2.05) is 30.3 Å². The van der Waals surface area contributed by atoms with Crippen LogP contribution in [-0.2, 0) is 18.7 Å². The molecule has 3 heterocycles. The molecule has 3 fully saturated rings. The average Bonchev–Trinajstić information content (AvgIpc) is 3.43. The molecular weight excluding hydrogens is 382 g/mol. The summed E-state index contributed by atoms with van der Waals surface area (Å²) in [5.74, 6) is -0.500. The van der Waals surface area contributed by atoms with Crippen LogP contribution in [0.4, 0.5) is 0 Å². The molecule has 0 aliphatic carbocycles. The van der Waals surface area contributed by atoms with E-state index in [9.17, 15) is 4.79 Å². The lowest BCUT2D eigenvalue weighted by Crippen LogP contribution is -2.50. The number of unbranched alkanes of at least 4 members (excludes halogenated alkanes) is 1. The quantitative estimate of drug-likeness (QED) is 0.346. The van der Waals surface area contributed by atoms with E-state index in [1.54, 1.807) is 0 Å². The molecule has 3 aliphatic rings. The van der Waals surface area contributed by atoms with E-state index in [2.05, 4.69) is 31.5 Å². The third-order valence-electron chi connectivity index (χ3n) is 6.40. The van der Waals surface area contributed by atoms with Gasteiger partial charge in [0.15, 0.2) is 8.32 Å². The van der Waals surface area contributed by atoms with Crippen molar-refractivity contribution in [3.05, 3.63) is 35.9 Å². The standard InChI is InChI=1S/C23H35NO4Si/c1-5-6-12-24-19-13-17(14-20(24)22-21(19)28-22)27-23(25)18(15-26-29(2,3)4)16-10-8-7-9-11-16/h7-11,17-22H,5-6,12-15H2,1-4H3. The summed E-state index contributed by atoms with van der Waals surface area (Å²) in [4.78, 5) is 15.8. The zero-order valence-corrected chi connectivity index (χ0v) is 19.2. The fraction of sp³-hybridized carbons (Fsp3) is 0.696. The van der Waals surface area contributed by atoms with E-state index >= 15 is 0 Å². The topological polar surface area (TPSA) is 51.3 Å². The number of hydrogen-bond acceptors (Lipinski definition) is 5. The highest BCUT2D eigenvalue weighted by molar-refractivity contribution is 6.69. The maximum Gasteiger partial charge on any atom is 0.316 e. The first kappa shape index (κ1) is 21.0. The van der Waals surface area contributed by atoms with Crippen molar-refractivity contribution in [2.75, 3.05) is 13.2 Å². The Bertz CT molecular complexity index is 689. The number of ether oxygens (including phenoxy) is 2. The van der Waals surface area contributed by atoms with Gasteiger partial charge in [-0.3, -0.25) is 9.69 Å². The number of carbonyl (C=O) groups excluding carboxylic acids is 1. The van der Waals surface area contributed by atoms with Gasteiger partial charge in [-0.25, -0.2) is 0 Å². The summed E-state index contributed by atoms with van der Waals surface area (Å²) in [6.45, 7) is 10.2. The normalized spacial score (nSPS) is 31.9. The molecule has 1 aromatic rings. The average molecular weight is 418 g/mol. The largest absolute Gasteiger partial charge is 0.462 e.